The minimum atomic E-state index is -1.52. The van der Waals surface area contributed by atoms with Gasteiger partial charge in [0, 0.05) is 24.4 Å². The largest absolute Gasteiger partial charge is 0.543 e. The molecule has 2 unspecified atom stereocenters. The first-order chi connectivity index (χ1) is 19.5. The molecule has 3 aromatic heterocycles. The summed E-state index contributed by atoms with van der Waals surface area (Å²) >= 11 is 8.25. The quantitative estimate of drug-likeness (QED) is 0.113. The van der Waals surface area contributed by atoms with Gasteiger partial charge in [0.2, 0.25) is 6.10 Å². The molecule has 2 aliphatic heterocycles. The highest BCUT2D eigenvalue weighted by atomic mass is 35.5. The average Bonchev–Trinajstić information content (AvgIpc) is 3.47. The van der Waals surface area contributed by atoms with Crippen LogP contribution in [0.25, 0.3) is 11.0 Å². The fourth-order valence-electron chi connectivity index (χ4n) is 4.35. The molecule has 1 saturated heterocycles. The number of nitrogens with two attached hydrogens (primary N) is 1. The Hall–Kier alpha value is -4.22. The number of nitrogen functional groups attached to an aromatic ring is 1. The Balaban J connectivity index is 1.39. The predicted octanol–water partition coefficient (Wildman–Crippen LogP) is -1.15. The van der Waals surface area contributed by atoms with Crippen molar-refractivity contribution in [3.8, 4) is 0 Å². The third-order valence-electron chi connectivity index (χ3n) is 6.37. The molecule has 3 aromatic rings. The number of carboxylic acids is 2. The van der Waals surface area contributed by atoms with Gasteiger partial charge in [-0.25, -0.2) is 9.78 Å². The van der Waals surface area contributed by atoms with E-state index in [2.05, 4.69) is 20.6 Å². The number of hydrogen-bond acceptors (Lipinski definition) is 12. The second-order valence-corrected chi connectivity index (χ2v) is 11.7. The maximum Gasteiger partial charge on any atom is 0.347 e. The topological polar surface area (TPSA) is 209 Å². The lowest BCUT2D eigenvalue weighted by Crippen LogP contribution is -2.71. The zero-order chi connectivity index (χ0) is 29.6. The van der Waals surface area contributed by atoms with Crippen LogP contribution in [0, 0.1) is 0 Å². The third-order valence-corrected chi connectivity index (χ3v) is 8.80. The maximum atomic E-state index is 13.2. The molecule has 18 heteroatoms. The van der Waals surface area contributed by atoms with Crippen LogP contribution in [-0.2, 0) is 37.6 Å². The molecule has 0 aliphatic carbocycles. The standard InChI is InChI=1S/C23H21ClN8O7S2/c1-9(21(35)36)39-29-14(13-17(24)41-23(25)28-13)18(33)27-15-19(34)32-16(22(37)38)10(8-40-20(15)32)7-31-5-3-4-11-12(31)6-26-30(11)2/h3-6,9,15,20H,7-8H2,1-2H3,(H4-,25,27,28,33,35,36,37,38)/b29-14-/t9-,15?,20?/m0/s1. The van der Waals surface area contributed by atoms with E-state index in [0.29, 0.717) is 5.57 Å². The van der Waals surface area contributed by atoms with Crippen molar-refractivity contribution in [1.29, 1.82) is 0 Å². The van der Waals surface area contributed by atoms with Crippen LogP contribution < -0.4 is 20.7 Å². The molecule has 2 aliphatic rings. The summed E-state index contributed by atoms with van der Waals surface area (Å²) in [5.41, 5.74) is 6.82. The van der Waals surface area contributed by atoms with Crippen LogP contribution in [-0.4, -0.2) is 77.5 Å². The monoisotopic (exact) mass is 620 g/mol. The molecule has 214 valence electrons. The van der Waals surface area contributed by atoms with Crippen molar-refractivity contribution in [2.24, 2.45) is 12.2 Å². The molecule has 4 N–H and O–H groups in total. The minimum Gasteiger partial charge on any atom is -0.543 e. The number of rotatable bonds is 9. The number of aromatic nitrogens is 4. The van der Waals surface area contributed by atoms with E-state index in [4.69, 9.17) is 27.3 Å². The average molecular weight is 621 g/mol. The van der Waals surface area contributed by atoms with Crippen LogP contribution in [0.4, 0.5) is 5.13 Å². The fourth-order valence-corrected chi connectivity index (χ4v) is 6.61. The molecule has 3 atom stereocenters. The summed E-state index contributed by atoms with van der Waals surface area (Å²) in [6.45, 7) is 1.37. The van der Waals surface area contributed by atoms with Crippen molar-refractivity contribution in [3.05, 3.63) is 45.8 Å². The van der Waals surface area contributed by atoms with Crippen LogP contribution in [0.5, 0.6) is 0 Å². The first-order valence-corrected chi connectivity index (χ1v) is 14.1. The van der Waals surface area contributed by atoms with Crippen LogP contribution in [0.1, 0.15) is 12.6 Å². The van der Waals surface area contributed by atoms with E-state index in [1.165, 1.54) is 18.7 Å². The molecule has 0 saturated carbocycles. The lowest BCUT2D eigenvalue weighted by atomic mass is 10.0. The number of amides is 2. The Labute approximate surface area is 244 Å². The van der Waals surface area contributed by atoms with Gasteiger partial charge in [0.15, 0.2) is 23.6 Å². The summed E-state index contributed by atoms with van der Waals surface area (Å²) in [6, 6.07) is 2.56. The molecule has 1 fully saturated rings. The predicted molar refractivity (Wildman–Crippen MR) is 144 cm³/mol. The number of fused-ring (bicyclic) bond motifs is 2. The lowest BCUT2D eigenvalue weighted by Gasteiger charge is -2.50. The van der Waals surface area contributed by atoms with Crippen molar-refractivity contribution in [3.63, 3.8) is 0 Å². The van der Waals surface area contributed by atoms with Crippen molar-refractivity contribution >= 4 is 80.3 Å². The lowest BCUT2D eigenvalue weighted by molar-refractivity contribution is -0.663. The minimum absolute atomic E-state index is 0.00969. The summed E-state index contributed by atoms with van der Waals surface area (Å²) in [6.07, 6.45) is 2.04. The van der Waals surface area contributed by atoms with Gasteiger partial charge in [-0.05, 0) is 13.0 Å². The molecule has 5 heterocycles. The molecule has 15 nitrogen and oxygen atoms in total. The van der Waals surface area contributed by atoms with Crippen LogP contribution in [0.3, 0.4) is 0 Å². The number of nitrogens with one attached hydrogen (secondary N) is 1. The summed E-state index contributed by atoms with van der Waals surface area (Å²) < 4.78 is 3.51. The molecule has 41 heavy (non-hydrogen) atoms. The van der Waals surface area contributed by atoms with E-state index < -0.39 is 47.0 Å². The number of β-lactam (4-membered cyclic amide) rings is 1. The number of anilines is 1. The summed E-state index contributed by atoms with van der Waals surface area (Å²) in [5, 5.41) is 31.0. The zero-order valence-electron chi connectivity index (χ0n) is 21.3. The zero-order valence-corrected chi connectivity index (χ0v) is 23.7. The van der Waals surface area contributed by atoms with Gasteiger partial charge in [0.1, 0.15) is 33.2 Å². The summed E-state index contributed by atoms with van der Waals surface area (Å²) in [5.74, 6) is -4.25. The van der Waals surface area contributed by atoms with E-state index in [1.54, 1.807) is 24.1 Å². The van der Waals surface area contributed by atoms with E-state index in [9.17, 15) is 24.3 Å². The normalized spacial score (nSPS) is 19.5. The SMILES string of the molecule is C[C@H](O/N=C(\C(=O)NC1C(=O)N2C(C(=O)[O-])=C(C[n+]3cccc4c3cnn4C)CSC12)c1nc(N)sc1Cl)C(=O)O. The highest BCUT2D eigenvalue weighted by Gasteiger charge is 2.53. The number of nitrogens with zero attached hydrogens (tertiary/aromatic N) is 6. The molecule has 0 bridgehead atoms. The first kappa shape index (κ1) is 28.3. The molecule has 0 aromatic carbocycles. The first-order valence-electron chi connectivity index (χ1n) is 11.9. The Kier molecular flexibility index (Phi) is 7.58. The Morgan fingerprint density at radius 1 is 1.44 bits per heavy atom. The maximum absolute atomic E-state index is 13.2. The second-order valence-electron chi connectivity index (χ2n) is 8.98. The number of halogens is 1. The molecular formula is C23H21ClN8O7S2. The Morgan fingerprint density at radius 2 is 2.20 bits per heavy atom. The highest BCUT2D eigenvalue weighted by molar-refractivity contribution is 8.00. The van der Waals surface area contributed by atoms with Gasteiger partial charge in [0.05, 0.1) is 11.7 Å². The van der Waals surface area contributed by atoms with Gasteiger partial charge in [-0.2, -0.15) is 9.67 Å². The van der Waals surface area contributed by atoms with Crippen molar-refractivity contribution in [1.82, 2.24) is 25.0 Å². The number of thiazole rings is 1. The molecule has 2 amide bonds. The van der Waals surface area contributed by atoms with E-state index in [1.807, 2.05) is 16.7 Å². The van der Waals surface area contributed by atoms with Crippen molar-refractivity contribution in [2.45, 2.75) is 31.0 Å². The van der Waals surface area contributed by atoms with E-state index in [0.717, 1.165) is 27.3 Å². The number of aliphatic carboxylic acids is 2. The summed E-state index contributed by atoms with van der Waals surface area (Å²) in [4.78, 5) is 59.7. The number of carbonyl (C=O) groups is 4. The number of carboxylic acid groups (broad SMARTS) is 2. The van der Waals surface area contributed by atoms with E-state index >= 15 is 0 Å². The van der Waals surface area contributed by atoms with Crippen LogP contribution >= 0.6 is 34.7 Å². The number of carbonyl (C=O) groups excluding carboxylic acids is 3. The second kappa shape index (κ2) is 11.0. The van der Waals surface area contributed by atoms with Gasteiger partial charge in [-0.3, -0.25) is 19.2 Å². The molecular weight excluding hydrogens is 600 g/mol. The van der Waals surface area contributed by atoms with Crippen LogP contribution in [0.2, 0.25) is 4.34 Å². The van der Waals surface area contributed by atoms with E-state index in [-0.39, 0.29) is 33.2 Å². The Morgan fingerprint density at radius 3 is 2.85 bits per heavy atom. The van der Waals surface area contributed by atoms with Crippen molar-refractivity contribution < 1.29 is 38.8 Å². The van der Waals surface area contributed by atoms with Gasteiger partial charge in [-0.15, -0.1) is 11.8 Å². The Bertz CT molecular complexity index is 1670. The number of hydrogen-bond donors (Lipinski definition) is 3. The number of pyridine rings is 1. The van der Waals surface area contributed by atoms with Gasteiger partial charge in [-0.1, -0.05) is 28.1 Å². The number of thioether (sulfide) groups is 1. The molecule has 0 spiro atoms. The van der Waals surface area contributed by atoms with Crippen LogP contribution in [0.15, 0.2) is 41.0 Å². The summed E-state index contributed by atoms with van der Waals surface area (Å²) in [7, 11) is 1.79. The van der Waals surface area contributed by atoms with Gasteiger partial charge in [0.25, 0.3) is 17.3 Å². The highest BCUT2D eigenvalue weighted by Crippen LogP contribution is 2.40. The molecule has 0 radical (unpaired) electrons. The molecule has 5 rings (SSSR count). The van der Waals surface area contributed by atoms with Crippen molar-refractivity contribution in [2.75, 3.05) is 11.5 Å². The third kappa shape index (κ3) is 5.18. The fraction of sp³-hybridized carbons (Fsp3) is 0.304. The van der Waals surface area contributed by atoms with Gasteiger partial charge < -0.3 is 30.9 Å². The number of aryl methyl sites for hydroxylation is 1. The van der Waals surface area contributed by atoms with Gasteiger partial charge >= 0.3 is 5.97 Å². The smallest absolute Gasteiger partial charge is 0.347 e. The number of oxime groups is 1.